The molecule has 0 atom stereocenters. The number of rotatable bonds is 10. The molecule has 11 nitrogen and oxygen atoms in total. The molecule has 1 fully saturated rings. The summed E-state index contributed by atoms with van der Waals surface area (Å²) >= 11 is 0.936. The Morgan fingerprint density at radius 1 is 1.02 bits per heavy atom. The van der Waals surface area contributed by atoms with E-state index in [0.29, 0.717) is 29.1 Å². The van der Waals surface area contributed by atoms with Gasteiger partial charge in [-0.05, 0) is 60.9 Å². The third kappa shape index (κ3) is 9.25. The maximum atomic E-state index is 12.8. The van der Waals surface area contributed by atoms with E-state index in [1.165, 1.54) is 53.5 Å². The van der Waals surface area contributed by atoms with Crippen molar-refractivity contribution < 1.29 is 50.2 Å². The first-order valence-electron chi connectivity index (χ1n) is 13.9. The quantitative estimate of drug-likeness (QED) is 0.115. The number of aryl methyl sites for hydroxylation is 1. The largest absolute Gasteiger partial charge is 0.573 e. The zero-order chi connectivity index (χ0) is 34.5. The lowest BCUT2D eigenvalue weighted by atomic mass is 10.1. The Labute approximate surface area is 272 Å². The van der Waals surface area contributed by atoms with Crippen molar-refractivity contribution in [1.82, 2.24) is 20.2 Å². The number of nitrogens with one attached hydrogen (secondary N) is 1. The van der Waals surface area contributed by atoms with E-state index in [4.69, 9.17) is 9.57 Å². The minimum Gasteiger partial charge on any atom is -0.482 e. The van der Waals surface area contributed by atoms with Crippen molar-refractivity contribution in [2.24, 2.45) is 4.99 Å². The number of amidine groups is 1. The van der Waals surface area contributed by atoms with Crippen LogP contribution in [0.3, 0.4) is 0 Å². The number of hydrogen-bond donors (Lipinski definition) is 1. The highest BCUT2D eigenvalue weighted by Crippen LogP contribution is 2.36. The van der Waals surface area contributed by atoms with E-state index >= 15 is 0 Å². The van der Waals surface area contributed by atoms with Crippen LogP contribution in [0.2, 0.25) is 0 Å². The van der Waals surface area contributed by atoms with Crippen molar-refractivity contribution in [2.75, 3.05) is 23.9 Å². The van der Waals surface area contributed by atoms with Gasteiger partial charge in [0.1, 0.15) is 17.8 Å². The first-order chi connectivity index (χ1) is 22.7. The summed E-state index contributed by atoms with van der Waals surface area (Å²) < 4.78 is 85.6. The zero-order valence-corrected chi connectivity index (χ0v) is 25.5. The predicted molar refractivity (Wildman–Crippen MR) is 162 cm³/mol. The first-order valence-corrected chi connectivity index (χ1v) is 14.9. The highest BCUT2D eigenvalue weighted by atomic mass is 32.2. The molecule has 0 unspecified atom stereocenters. The molecular formula is C30H24F6N6O5S. The van der Waals surface area contributed by atoms with Gasteiger partial charge in [-0.25, -0.2) is 19.9 Å². The number of nitrogens with zero attached hydrogens (tertiary/aromatic N) is 5. The van der Waals surface area contributed by atoms with Crippen LogP contribution >= 0.6 is 11.8 Å². The molecule has 5 rings (SSSR count). The molecule has 4 aromatic rings. The van der Waals surface area contributed by atoms with Crippen LogP contribution in [0.5, 0.6) is 11.5 Å². The topological polar surface area (TPSA) is 120 Å². The summed E-state index contributed by atoms with van der Waals surface area (Å²) in [5, 5.41) is 4.31. The van der Waals surface area contributed by atoms with Crippen molar-refractivity contribution in [3.05, 3.63) is 84.2 Å². The number of urea groups is 1. The van der Waals surface area contributed by atoms with Crippen molar-refractivity contribution in [2.45, 2.75) is 25.9 Å². The third-order valence-corrected chi connectivity index (χ3v) is 7.32. The standard InChI is InChI=1S/C30H24F6N6O5S/c1-18-2-11-24(45-16-29(31,32)33)23(14-18)42-25(43)15-48-28(42)38-27(44)40-46-13-12-19-3-5-20(6-4-19)26-37-17-41(39-26)21-7-9-22(10-8-21)47-30(34,35)36/h2-11,14,17H,12-13,15-16H2,1H3,(H,40,44). The van der Waals surface area contributed by atoms with Gasteiger partial charge >= 0.3 is 18.6 Å². The van der Waals surface area contributed by atoms with Crippen molar-refractivity contribution >= 4 is 34.6 Å². The summed E-state index contributed by atoms with van der Waals surface area (Å²) in [4.78, 5) is 39.4. The fourth-order valence-electron chi connectivity index (χ4n) is 4.30. The highest BCUT2D eigenvalue weighted by Gasteiger charge is 2.34. The monoisotopic (exact) mass is 694 g/mol. The molecule has 0 bridgehead atoms. The molecule has 3 aromatic carbocycles. The fraction of sp³-hybridized carbons (Fsp3) is 0.233. The van der Waals surface area contributed by atoms with E-state index in [1.807, 2.05) is 0 Å². The SMILES string of the molecule is Cc1ccc(OCC(F)(F)F)c(N2C(=O)CSC2=NC(=O)NOCCc2ccc(-c3ncn(-c4ccc(OC(F)(F)F)cc4)n3)cc2)c1. The molecule has 2 heterocycles. The number of anilines is 1. The molecule has 0 spiro atoms. The van der Waals surface area contributed by atoms with Crippen LogP contribution in [0.15, 0.2) is 78.0 Å². The first kappa shape index (κ1) is 34.2. The van der Waals surface area contributed by atoms with Gasteiger partial charge in [-0.3, -0.25) is 14.5 Å². The normalized spacial score (nSPS) is 14.4. The van der Waals surface area contributed by atoms with Crippen LogP contribution < -0.4 is 19.9 Å². The summed E-state index contributed by atoms with van der Waals surface area (Å²) in [5.41, 5.74) is 4.83. The number of amides is 3. The molecule has 0 saturated carbocycles. The van der Waals surface area contributed by atoms with Crippen molar-refractivity contribution in [3.63, 3.8) is 0 Å². The van der Waals surface area contributed by atoms with Gasteiger partial charge in [0, 0.05) is 5.56 Å². The Morgan fingerprint density at radius 2 is 1.75 bits per heavy atom. The fourth-order valence-corrected chi connectivity index (χ4v) is 5.16. The molecule has 1 aliphatic rings. The van der Waals surface area contributed by atoms with Crippen LogP contribution in [0, 0.1) is 6.92 Å². The van der Waals surface area contributed by atoms with E-state index in [1.54, 1.807) is 31.2 Å². The van der Waals surface area contributed by atoms with Gasteiger partial charge in [0.25, 0.3) is 0 Å². The average molecular weight is 695 g/mol. The summed E-state index contributed by atoms with van der Waals surface area (Å²) in [7, 11) is 0. The number of hydrogen-bond acceptors (Lipinski definition) is 8. The molecule has 1 aliphatic heterocycles. The minimum atomic E-state index is -4.79. The van der Waals surface area contributed by atoms with Crippen molar-refractivity contribution in [1.29, 1.82) is 0 Å². The molecular weight excluding hydrogens is 670 g/mol. The zero-order valence-electron chi connectivity index (χ0n) is 24.7. The average Bonchev–Trinajstić information content (AvgIpc) is 3.65. The number of aliphatic imine (C=N–C) groups is 1. The lowest BCUT2D eigenvalue weighted by Gasteiger charge is -2.21. The van der Waals surface area contributed by atoms with E-state index in [0.717, 1.165) is 22.2 Å². The molecule has 1 saturated heterocycles. The molecule has 0 radical (unpaired) electrons. The number of aromatic nitrogens is 3. The van der Waals surface area contributed by atoms with E-state index < -0.39 is 31.1 Å². The molecule has 0 aliphatic carbocycles. The van der Waals surface area contributed by atoms with Gasteiger partial charge in [0.05, 0.1) is 23.7 Å². The molecule has 1 aromatic heterocycles. The van der Waals surface area contributed by atoms with Gasteiger partial charge in [-0.1, -0.05) is 42.1 Å². The predicted octanol–water partition coefficient (Wildman–Crippen LogP) is 6.40. The Balaban J connectivity index is 1.13. The lowest BCUT2D eigenvalue weighted by Crippen LogP contribution is -2.32. The summed E-state index contributed by atoms with van der Waals surface area (Å²) in [6.45, 7) is 0.181. The van der Waals surface area contributed by atoms with Gasteiger partial charge in [0.15, 0.2) is 17.6 Å². The maximum absolute atomic E-state index is 12.8. The van der Waals surface area contributed by atoms with Crippen LogP contribution in [0.4, 0.5) is 36.8 Å². The summed E-state index contributed by atoms with van der Waals surface area (Å²) in [5.74, 6) is -0.750. The Kier molecular flexibility index (Phi) is 10.2. The van der Waals surface area contributed by atoms with Crippen LogP contribution in [0.25, 0.3) is 17.1 Å². The third-order valence-electron chi connectivity index (χ3n) is 6.40. The number of carbonyl (C=O) groups is 2. The molecule has 1 N–H and O–H groups in total. The molecule has 18 heteroatoms. The molecule has 252 valence electrons. The molecule has 48 heavy (non-hydrogen) atoms. The van der Waals surface area contributed by atoms with Gasteiger partial charge in [-0.2, -0.15) is 18.2 Å². The second-order valence-corrected chi connectivity index (χ2v) is 11.0. The van der Waals surface area contributed by atoms with E-state index in [-0.39, 0.29) is 34.7 Å². The Bertz CT molecular complexity index is 1800. The second-order valence-electron chi connectivity index (χ2n) is 10.0. The minimum absolute atomic E-state index is 0.0285. The number of halogens is 6. The Hall–Kier alpha value is -5.10. The van der Waals surface area contributed by atoms with E-state index in [2.05, 4.69) is 25.3 Å². The number of hydroxylamine groups is 1. The number of alkyl halides is 6. The number of carbonyl (C=O) groups excluding carboxylic acids is 2. The van der Waals surface area contributed by atoms with Gasteiger partial charge < -0.3 is 9.47 Å². The summed E-state index contributed by atoms with van der Waals surface area (Å²) in [6.07, 6.45) is -7.58. The maximum Gasteiger partial charge on any atom is 0.573 e. The molecule has 3 amide bonds. The van der Waals surface area contributed by atoms with Crippen LogP contribution in [-0.2, 0) is 16.1 Å². The number of thioether (sulfide) groups is 1. The van der Waals surface area contributed by atoms with E-state index in [9.17, 15) is 35.9 Å². The van der Waals surface area contributed by atoms with Crippen molar-refractivity contribution in [3.8, 4) is 28.6 Å². The second kappa shape index (κ2) is 14.3. The number of benzene rings is 3. The lowest BCUT2D eigenvalue weighted by molar-refractivity contribution is -0.274. The highest BCUT2D eigenvalue weighted by molar-refractivity contribution is 8.15. The van der Waals surface area contributed by atoms with Gasteiger partial charge in [0.2, 0.25) is 5.91 Å². The Morgan fingerprint density at radius 3 is 2.44 bits per heavy atom. The van der Waals surface area contributed by atoms with Crippen LogP contribution in [0.1, 0.15) is 11.1 Å². The van der Waals surface area contributed by atoms with Crippen LogP contribution in [-0.4, -0.2) is 63.4 Å². The smallest absolute Gasteiger partial charge is 0.482 e. The van der Waals surface area contributed by atoms with Gasteiger partial charge in [-0.15, -0.1) is 18.3 Å². The summed E-state index contributed by atoms with van der Waals surface area (Å²) in [6, 6.07) is 15.7. The number of ether oxygens (including phenoxy) is 2.